The first-order valence-electron chi connectivity index (χ1n) is 4.98. The minimum absolute atomic E-state index is 1.11. The molecule has 0 fully saturated rings. The highest BCUT2D eigenvalue weighted by Gasteiger charge is 1.90. The van der Waals surface area contributed by atoms with Crippen LogP contribution in [0.1, 0.15) is 31.4 Å². The molecule has 0 N–H and O–H groups in total. The second-order valence-electron chi connectivity index (χ2n) is 3.46. The lowest BCUT2D eigenvalue weighted by Gasteiger charge is -1.96. The van der Waals surface area contributed by atoms with Crippen molar-refractivity contribution in [2.75, 3.05) is 0 Å². The molecule has 1 nitrogen and oxygen atoms in total. The van der Waals surface area contributed by atoms with E-state index in [1.165, 1.54) is 16.7 Å². The van der Waals surface area contributed by atoms with E-state index in [4.69, 9.17) is 0 Å². The van der Waals surface area contributed by atoms with E-state index < -0.39 is 0 Å². The van der Waals surface area contributed by atoms with Crippen LogP contribution in [0.2, 0.25) is 0 Å². The van der Waals surface area contributed by atoms with Gasteiger partial charge in [0.2, 0.25) is 0 Å². The van der Waals surface area contributed by atoms with Crippen molar-refractivity contribution < 1.29 is 0 Å². The Hall–Kier alpha value is -1.37. The van der Waals surface area contributed by atoms with Crippen molar-refractivity contribution in [1.29, 1.82) is 0 Å². The average Bonchev–Trinajstić information content (AvgIpc) is 2.20. The van der Waals surface area contributed by atoms with Gasteiger partial charge in [0.1, 0.15) is 0 Å². The largest absolute Gasteiger partial charge is 0.264 e. The van der Waals surface area contributed by atoms with Crippen molar-refractivity contribution in [2.45, 2.75) is 27.2 Å². The van der Waals surface area contributed by atoms with Crippen LogP contribution >= 0.6 is 0 Å². The van der Waals surface area contributed by atoms with Crippen molar-refractivity contribution in [3.8, 4) is 0 Å². The van der Waals surface area contributed by atoms with Crippen molar-refractivity contribution in [3.05, 3.63) is 47.3 Å². The predicted octanol–water partition coefficient (Wildman–Crippen LogP) is 3.76. The standard InChI is InChI=1S/C13H17N/c1-4-11(2)6-5-7-13-10-14-9-8-12(13)3/h5-10H,4H2,1-3H3/b7-5-,11-6+. The Balaban J connectivity index is 2.74. The van der Waals surface area contributed by atoms with Gasteiger partial charge in [0, 0.05) is 12.4 Å². The minimum atomic E-state index is 1.11. The number of rotatable bonds is 3. The summed E-state index contributed by atoms with van der Waals surface area (Å²) < 4.78 is 0. The zero-order valence-electron chi connectivity index (χ0n) is 9.12. The van der Waals surface area contributed by atoms with Gasteiger partial charge in [0.05, 0.1) is 0 Å². The second-order valence-corrected chi connectivity index (χ2v) is 3.46. The first-order chi connectivity index (χ1) is 6.74. The zero-order valence-corrected chi connectivity index (χ0v) is 9.12. The van der Waals surface area contributed by atoms with Crippen LogP contribution in [-0.2, 0) is 0 Å². The molecule has 1 heteroatoms. The van der Waals surface area contributed by atoms with E-state index in [0.29, 0.717) is 0 Å². The quantitative estimate of drug-likeness (QED) is 0.656. The highest BCUT2D eigenvalue weighted by Crippen LogP contribution is 2.07. The molecule has 0 bridgehead atoms. The lowest BCUT2D eigenvalue weighted by Crippen LogP contribution is -1.80. The molecule has 0 radical (unpaired) electrons. The average molecular weight is 187 g/mol. The molecule has 0 saturated carbocycles. The summed E-state index contributed by atoms with van der Waals surface area (Å²) >= 11 is 0. The minimum Gasteiger partial charge on any atom is -0.264 e. The van der Waals surface area contributed by atoms with Gasteiger partial charge in [-0.2, -0.15) is 0 Å². The Morgan fingerprint density at radius 2 is 2.29 bits per heavy atom. The van der Waals surface area contributed by atoms with E-state index >= 15 is 0 Å². The molecule has 74 valence electrons. The third-order valence-electron chi connectivity index (χ3n) is 2.29. The van der Waals surface area contributed by atoms with Gasteiger partial charge in [0.25, 0.3) is 0 Å². The smallest absolute Gasteiger partial charge is 0.0342 e. The van der Waals surface area contributed by atoms with Gasteiger partial charge < -0.3 is 0 Å². The monoisotopic (exact) mass is 187 g/mol. The number of aryl methyl sites for hydroxylation is 1. The normalized spacial score (nSPS) is 12.4. The molecule has 0 saturated heterocycles. The lowest BCUT2D eigenvalue weighted by molar-refractivity contribution is 1.10. The SMILES string of the molecule is CC/C(C)=C/C=C\c1cnccc1C. The van der Waals surface area contributed by atoms with Crippen molar-refractivity contribution in [2.24, 2.45) is 0 Å². The number of allylic oxidation sites excluding steroid dienone is 3. The molecule has 0 aliphatic heterocycles. The maximum absolute atomic E-state index is 4.09. The Labute approximate surface area is 86.2 Å². The van der Waals surface area contributed by atoms with E-state index in [9.17, 15) is 0 Å². The fourth-order valence-electron chi connectivity index (χ4n) is 1.08. The molecule has 0 spiro atoms. The summed E-state index contributed by atoms with van der Waals surface area (Å²) in [5.74, 6) is 0. The van der Waals surface area contributed by atoms with E-state index in [1.54, 1.807) is 0 Å². The molecule has 1 aromatic heterocycles. The van der Waals surface area contributed by atoms with E-state index in [1.807, 2.05) is 18.5 Å². The molecule has 0 unspecified atom stereocenters. The lowest BCUT2D eigenvalue weighted by atomic mass is 10.1. The van der Waals surface area contributed by atoms with E-state index in [-0.39, 0.29) is 0 Å². The van der Waals surface area contributed by atoms with Crippen molar-refractivity contribution in [1.82, 2.24) is 4.98 Å². The van der Waals surface area contributed by atoms with Crippen molar-refractivity contribution in [3.63, 3.8) is 0 Å². The van der Waals surface area contributed by atoms with Crippen LogP contribution in [0.5, 0.6) is 0 Å². The Morgan fingerprint density at radius 1 is 1.50 bits per heavy atom. The highest BCUT2D eigenvalue weighted by molar-refractivity contribution is 5.53. The summed E-state index contributed by atoms with van der Waals surface area (Å²) in [4.78, 5) is 4.09. The molecule has 1 heterocycles. The molecule has 1 aromatic rings. The third kappa shape index (κ3) is 3.17. The summed E-state index contributed by atoms with van der Waals surface area (Å²) in [6.45, 7) is 6.40. The van der Waals surface area contributed by atoms with Crippen LogP contribution in [0.3, 0.4) is 0 Å². The van der Waals surface area contributed by atoms with Gasteiger partial charge in [0.15, 0.2) is 0 Å². The summed E-state index contributed by atoms with van der Waals surface area (Å²) in [5, 5.41) is 0. The Morgan fingerprint density at radius 3 is 2.93 bits per heavy atom. The van der Waals surface area contributed by atoms with Gasteiger partial charge in [-0.3, -0.25) is 4.98 Å². The van der Waals surface area contributed by atoms with Crippen LogP contribution in [0.25, 0.3) is 6.08 Å². The van der Waals surface area contributed by atoms with E-state index in [2.05, 4.69) is 44.0 Å². The number of nitrogens with zero attached hydrogens (tertiary/aromatic N) is 1. The fourth-order valence-corrected chi connectivity index (χ4v) is 1.08. The molecule has 0 aromatic carbocycles. The third-order valence-corrected chi connectivity index (χ3v) is 2.29. The Bertz CT molecular complexity index is 348. The van der Waals surface area contributed by atoms with Gasteiger partial charge in [-0.05, 0) is 37.5 Å². The van der Waals surface area contributed by atoms with Gasteiger partial charge in [-0.15, -0.1) is 0 Å². The van der Waals surface area contributed by atoms with Crippen LogP contribution in [0.15, 0.2) is 36.2 Å². The second kappa shape index (κ2) is 5.38. The molecule has 1 rings (SSSR count). The first-order valence-corrected chi connectivity index (χ1v) is 4.98. The summed E-state index contributed by atoms with van der Waals surface area (Å²) in [5.41, 5.74) is 3.84. The number of hydrogen-bond acceptors (Lipinski definition) is 1. The number of pyridine rings is 1. The van der Waals surface area contributed by atoms with E-state index in [0.717, 1.165) is 6.42 Å². The maximum Gasteiger partial charge on any atom is 0.0342 e. The predicted molar refractivity (Wildman–Crippen MR) is 62.1 cm³/mol. The zero-order chi connectivity index (χ0) is 10.4. The van der Waals surface area contributed by atoms with Crippen LogP contribution < -0.4 is 0 Å². The molecule has 14 heavy (non-hydrogen) atoms. The highest BCUT2D eigenvalue weighted by atomic mass is 14.6. The van der Waals surface area contributed by atoms with Crippen LogP contribution in [0, 0.1) is 6.92 Å². The Kier molecular flexibility index (Phi) is 4.11. The van der Waals surface area contributed by atoms with Gasteiger partial charge in [-0.25, -0.2) is 0 Å². The molecule has 0 aliphatic rings. The molecule has 0 amide bonds. The van der Waals surface area contributed by atoms with Crippen LogP contribution in [-0.4, -0.2) is 4.98 Å². The summed E-state index contributed by atoms with van der Waals surface area (Å²) in [7, 11) is 0. The fraction of sp³-hybridized carbons (Fsp3) is 0.308. The maximum atomic E-state index is 4.09. The number of hydrogen-bond donors (Lipinski definition) is 0. The summed E-state index contributed by atoms with van der Waals surface area (Å²) in [6.07, 6.45) is 11.1. The van der Waals surface area contributed by atoms with Gasteiger partial charge in [-0.1, -0.05) is 30.7 Å². The first kappa shape index (κ1) is 10.7. The topological polar surface area (TPSA) is 12.9 Å². The molecule has 0 aliphatic carbocycles. The number of aromatic nitrogens is 1. The summed E-state index contributed by atoms with van der Waals surface area (Å²) in [6, 6.07) is 2.02. The molecule has 0 atom stereocenters. The van der Waals surface area contributed by atoms with Crippen LogP contribution in [0.4, 0.5) is 0 Å². The van der Waals surface area contributed by atoms with Crippen molar-refractivity contribution >= 4 is 6.08 Å². The molecular weight excluding hydrogens is 170 g/mol. The molecular formula is C13H17N. The van der Waals surface area contributed by atoms with Gasteiger partial charge >= 0.3 is 0 Å².